The Hall–Kier alpha value is -2.79. The van der Waals surface area contributed by atoms with E-state index in [1.165, 1.54) is 23.0 Å². The maximum atomic E-state index is 12.0. The van der Waals surface area contributed by atoms with Gasteiger partial charge in [-0.2, -0.15) is 0 Å². The normalized spacial score (nSPS) is 10.8. The molecule has 0 atom stereocenters. The van der Waals surface area contributed by atoms with Crippen LogP contribution in [-0.2, 0) is 4.79 Å². The zero-order valence-corrected chi connectivity index (χ0v) is 13.4. The molecule has 1 amide bonds. The summed E-state index contributed by atoms with van der Waals surface area (Å²) >= 11 is 1.38. The van der Waals surface area contributed by atoms with E-state index >= 15 is 0 Å². The summed E-state index contributed by atoms with van der Waals surface area (Å²) in [6.07, 6.45) is 5.01. The van der Waals surface area contributed by atoms with Crippen molar-refractivity contribution in [1.29, 1.82) is 0 Å². The molecule has 3 rings (SSSR count). The van der Waals surface area contributed by atoms with Crippen LogP contribution in [0.5, 0.6) is 0 Å². The first-order valence-electron chi connectivity index (χ1n) is 7.13. The highest BCUT2D eigenvalue weighted by Crippen LogP contribution is 2.23. The summed E-state index contributed by atoms with van der Waals surface area (Å²) in [4.78, 5) is 20.6. The van der Waals surface area contributed by atoms with Crippen LogP contribution in [-0.4, -0.2) is 15.9 Å². The summed E-state index contributed by atoms with van der Waals surface area (Å²) in [6.45, 7) is 2.03. The monoisotopic (exact) mass is 321 g/mol. The first-order valence-corrected chi connectivity index (χ1v) is 8.01. The van der Waals surface area contributed by atoms with Gasteiger partial charge in [0.15, 0.2) is 5.13 Å². The first kappa shape index (κ1) is 15.1. The molecule has 0 aliphatic heterocycles. The fraction of sp³-hybridized carbons (Fsp3) is 0.0556. The van der Waals surface area contributed by atoms with E-state index in [4.69, 9.17) is 0 Å². The van der Waals surface area contributed by atoms with Gasteiger partial charge in [0, 0.05) is 17.7 Å². The van der Waals surface area contributed by atoms with Crippen molar-refractivity contribution in [3.05, 3.63) is 71.2 Å². The second-order valence-electron chi connectivity index (χ2n) is 4.99. The SMILES string of the molecule is Cc1ccc(/C=C/C(=O)Nc2nc(-c3ccccn3)cs2)cc1. The third kappa shape index (κ3) is 4.11. The summed E-state index contributed by atoms with van der Waals surface area (Å²) < 4.78 is 0. The van der Waals surface area contributed by atoms with Gasteiger partial charge in [-0.25, -0.2) is 4.98 Å². The number of hydrogen-bond donors (Lipinski definition) is 1. The van der Waals surface area contributed by atoms with Crippen LogP contribution in [0.1, 0.15) is 11.1 Å². The van der Waals surface area contributed by atoms with E-state index in [1.54, 1.807) is 12.3 Å². The number of carbonyl (C=O) groups is 1. The number of nitrogens with one attached hydrogen (secondary N) is 1. The number of aromatic nitrogens is 2. The van der Waals surface area contributed by atoms with Crippen molar-refractivity contribution < 1.29 is 4.79 Å². The standard InChI is InChI=1S/C18H15N3OS/c1-13-5-7-14(8-6-13)9-10-17(22)21-18-20-16(12-23-18)15-4-2-3-11-19-15/h2-12H,1H3,(H,20,21,22)/b10-9+. The molecule has 0 fully saturated rings. The minimum Gasteiger partial charge on any atom is -0.298 e. The van der Waals surface area contributed by atoms with Crippen molar-refractivity contribution >= 4 is 28.5 Å². The lowest BCUT2D eigenvalue weighted by molar-refractivity contribution is -0.111. The molecule has 5 heteroatoms. The molecular weight excluding hydrogens is 306 g/mol. The summed E-state index contributed by atoms with van der Waals surface area (Å²) in [5.74, 6) is -0.201. The zero-order valence-electron chi connectivity index (χ0n) is 12.6. The summed E-state index contributed by atoms with van der Waals surface area (Å²) in [5, 5.41) is 5.20. The predicted octanol–water partition coefficient (Wildman–Crippen LogP) is 4.17. The van der Waals surface area contributed by atoms with Gasteiger partial charge < -0.3 is 0 Å². The Morgan fingerprint density at radius 2 is 1.96 bits per heavy atom. The maximum absolute atomic E-state index is 12.0. The number of hydrogen-bond acceptors (Lipinski definition) is 4. The highest BCUT2D eigenvalue weighted by Gasteiger charge is 2.06. The Bertz CT molecular complexity index is 823. The van der Waals surface area contributed by atoms with Crippen LogP contribution < -0.4 is 5.32 Å². The summed E-state index contributed by atoms with van der Waals surface area (Å²) in [5.41, 5.74) is 3.73. The molecule has 114 valence electrons. The van der Waals surface area contributed by atoms with Crippen LogP contribution in [0.3, 0.4) is 0 Å². The molecule has 0 radical (unpaired) electrons. The molecular formula is C18H15N3OS. The van der Waals surface area contributed by atoms with E-state index in [0.717, 1.165) is 17.0 Å². The molecule has 0 saturated carbocycles. The van der Waals surface area contributed by atoms with Crippen LogP contribution in [0, 0.1) is 6.92 Å². The van der Waals surface area contributed by atoms with Crippen LogP contribution in [0.15, 0.2) is 60.1 Å². The number of benzene rings is 1. The number of aryl methyl sites for hydroxylation is 1. The minimum absolute atomic E-state index is 0.201. The van der Waals surface area contributed by atoms with Gasteiger partial charge in [-0.3, -0.25) is 15.1 Å². The van der Waals surface area contributed by atoms with E-state index in [2.05, 4.69) is 15.3 Å². The average molecular weight is 321 g/mol. The number of nitrogens with zero attached hydrogens (tertiary/aromatic N) is 2. The van der Waals surface area contributed by atoms with Crippen LogP contribution in [0.25, 0.3) is 17.5 Å². The first-order chi connectivity index (χ1) is 11.2. The van der Waals surface area contributed by atoms with Gasteiger partial charge in [0.25, 0.3) is 0 Å². The minimum atomic E-state index is -0.201. The summed E-state index contributed by atoms with van der Waals surface area (Å²) in [6, 6.07) is 13.6. The van der Waals surface area contributed by atoms with Crippen molar-refractivity contribution in [3.8, 4) is 11.4 Å². The van der Waals surface area contributed by atoms with Gasteiger partial charge in [-0.05, 0) is 30.7 Å². The molecule has 3 aromatic rings. The van der Waals surface area contributed by atoms with Gasteiger partial charge in [0.1, 0.15) is 5.69 Å². The number of rotatable bonds is 4. The molecule has 0 saturated heterocycles. The number of thiazole rings is 1. The lowest BCUT2D eigenvalue weighted by Gasteiger charge is -1.97. The Morgan fingerprint density at radius 3 is 2.70 bits per heavy atom. The van der Waals surface area contributed by atoms with Crippen molar-refractivity contribution in [1.82, 2.24) is 9.97 Å². The van der Waals surface area contributed by atoms with Gasteiger partial charge in [0.05, 0.1) is 5.69 Å². The molecule has 0 bridgehead atoms. The van der Waals surface area contributed by atoms with Crippen molar-refractivity contribution in [3.63, 3.8) is 0 Å². The van der Waals surface area contributed by atoms with Gasteiger partial charge in [-0.15, -0.1) is 11.3 Å². The molecule has 0 spiro atoms. The number of anilines is 1. The lowest BCUT2D eigenvalue weighted by Crippen LogP contribution is -2.07. The molecule has 0 unspecified atom stereocenters. The van der Waals surface area contributed by atoms with E-state index in [1.807, 2.05) is 54.8 Å². The van der Waals surface area contributed by atoms with Crippen LogP contribution >= 0.6 is 11.3 Å². The van der Waals surface area contributed by atoms with Gasteiger partial charge >= 0.3 is 0 Å². The molecule has 2 aromatic heterocycles. The Balaban J connectivity index is 1.64. The van der Waals surface area contributed by atoms with Crippen molar-refractivity contribution in [2.24, 2.45) is 0 Å². The molecule has 0 aliphatic rings. The Labute approximate surface area is 138 Å². The second-order valence-corrected chi connectivity index (χ2v) is 5.84. The highest BCUT2D eigenvalue weighted by atomic mass is 32.1. The van der Waals surface area contributed by atoms with Gasteiger partial charge in [-0.1, -0.05) is 35.9 Å². The van der Waals surface area contributed by atoms with Crippen LogP contribution in [0.4, 0.5) is 5.13 Å². The fourth-order valence-electron chi connectivity index (χ4n) is 1.96. The Kier molecular flexibility index (Phi) is 4.59. The molecule has 1 aromatic carbocycles. The number of amides is 1. The van der Waals surface area contributed by atoms with E-state index in [-0.39, 0.29) is 5.91 Å². The fourth-order valence-corrected chi connectivity index (χ4v) is 2.67. The molecule has 0 aliphatic carbocycles. The van der Waals surface area contributed by atoms with E-state index < -0.39 is 0 Å². The Morgan fingerprint density at radius 1 is 1.13 bits per heavy atom. The molecule has 4 nitrogen and oxygen atoms in total. The third-order valence-electron chi connectivity index (χ3n) is 3.17. The van der Waals surface area contributed by atoms with Gasteiger partial charge in [0.2, 0.25) is 5.91 Å². The van der Waals surface area contributed by atoms with Crippen LogP contribution in [0.2, 0.25) is 0 Å². The lowest BCUT2D eigenvalue weighted by atomic mass is 10.1. The van der Waals surface area contributed by atoms with Crippen molar-refractivity contribution in [2.45, 2.75) is 6.92 Å². The largest absolute Gasteiger partial charge is 0.298 e. The van der Waals surface area contributed by atoms with Crippen molar-refractivity contribution in [2.75, 3.05) is 5.32 Å². The molecule has 2 heterocycles. The maximum Gasteiger partial charge on any atom is 0.250 e. The van der Waals surface area contributed by atoms with E-state index in [9.17, 15) is 4.79 Å². The smallest absolute Gasteiger partial charge is 0.250 e. The topological polar surface area (TPSA) is 54.9 Å². The number of carbonyl (C=O) groups excluding carboxylic acids is 1. The zero-order chi connectivity index (χ0) is 16.1. The quantitative estimate of drug-likeness (QED) is 0.734. The highest BCUT2D eigenvalue weighted by molar-refractivity contribution is 7.14. The molecule has 1 N–H and O–H groups in total. The third-order valence-corrected chi connectivity index (χ3v) is 3.92. The predicted molar refractivity (Wildman–Crippen MR) is 94.2 cm³/mol. The number of pyridine rings is 1. The van der Waals surface area contributed by atoms with E-state index in [0.29, 0.717) is 5.13 Å². The second kappa shape index (κ2) is 6.98. The average Bonchev–Trinajstić information content (AvgIpc) is 3.04. The summed E-state index contributed by atoms with van der Waals surface area (Å²) in [7, 11) is 0. The molecule has 23 heavy (non-hydrogen) atoms.